The van der Waals surface area contributed by atoms with Crippen LogP contribution in [0.5, 0.6) is 0 Å². The summed E-state index contributed by atoms with van der Waals surface area (Å²) in [6.45, 7) is 6.59. The molecule has 0 aliphatic carbocycles. The Labute approximate surface area is 83.9 Å². The maximum absolute atomic E-state index is 6.03. The molecule has 0 aliphatic rings. The van der Waals surface area contributed by atoms with Crippen LogP contribution in [0.2, 0.25) is 5.02 Å². The van der Waals surface area contributed by atoms with Gasteiger partial charge in [0.2, 0.25) is 0 Å². The van der Waals surface area contributed by atoms with E-state index in [4.69, 9.17) is 17.3 Å². The Bertz CT molecular complexity index is 289. The second-order valence-corrected chi connectivity index (χ2v) is 3.61. The fourth-order valence-corrected chi connectivity index (χ4v) is 1.56. The molecule has 2 N–H and O–H groups in total. The van der Waals surface area contributed by atoms with Crippen molar-refractivity contribution in [3.63, 3.8) is 0 Å². The van der Waals surface area contributed by atoms with Gasteiger partial charge in [0.05, 0.1) is 22.5 Å². The smallest absolute Gasteiger partial charge is 0.0844 e. The SMILES string of the molecule is CCC(CN)n1nc(C)c(Cl)c1C. The Kier molecular flexibility index (Phi) is 3.33. The Hall–Kier alpha value is -0.540. The van der Waals surface area contributed by atoms with E-state index in [1.165, 1.54) is 0 Å². The number of nitrogens with two attached hydrogens (primary N) is 1. The first-order valence-corrected chi connectivity index (χ1v) is 4.90. The van der Waals surface area contributed by atoms with Crippen molar-refractivity contribution in [3.8, 4) is 0 Å². The third-order valence-corrected chi connectivity index (χ3v) is 2.87. The quantitative estimate of drug-likeness (QED) is 0.814. The number of aryl methyl sites for hydroxylation is 1. The molecule has 0 saturated carbocycles. The molecule has 0 saturated heterocycles. The van der Waals surface area contributed by atoms with Gasteiger partial charge in [-0.05, 0) is 20.3 Å². The first-order chi connectivity index (χ1) is 6.11. The molecule has 0 bridgehead atoms. The predicted molar refractivity (Wildman–Crippen MR) is 55.1 cm³/mol. The van der Waals surface area contributed by atoms with E-state index in [1.54, 1.807) is 0 Å². The fraction of sp³-hybridized carbons (Fsp3) is 0.667. The molecule has 1 rings (SSSR count). The highest BCUT2D eigenvalue weighted by Gasteiger charge is 2.14. The predicted octanol–water partition coefficient (Wildman–Crippen LogP) is 2.06. The van der Waals surface area contributed by atoms with Crippen molar-refractivity contribution >= 4 is 11.6 Å². The lowest BCUT2D eigenvalue weighted by Crippen LogP contribution is -2.20. The maximum atomic E-state index is 6.03. The molecule has 1 aromatic rings. The second kappa shape index (κ2) is 4.11. The first kappa shape index (κ1) is 10.5. The highest BCUT2D eigenvalue weighted by Crippen LogP contribution is 2.22. The molecular weight excluding hydrogens is 186 g/mol. The summed E-state index contributed by atoms with van der Waals surface area (Å²) in [4.78, 5) is 0. The van der Waals surface area contributed by atoms with E-state index in [0.717, 1.165) is 22.8 Å². The molecule has 0 radical (unpaired) electrons. The number of hydrogen-bond donors (Lipinski definition) is 1. The maximum Gasteiger partial charge on any atom is 0.0844 e. The van der Waals surface area contributed by atoms with Crippen LogP contribution in [0.4, 0.5) is 0 Å². The lowest BCUT2D eigenvalue weighted by molar-refractivity contribution is 0.439. The van der Waals surface area contributed by atoms with Gasteiger partial charge in [0.25, 0.3) is 0 Å². The van der Waals surface area contributed by atoms with Crippen LogP contribution >= 0.6 is 11.6 Å². The van der Waals surface area contributed by atoms with Crippen LogP contribution in [0.25, 0.3) is 0 Å². The highest BCUT2D eigenvalue weighted by molar-refractivity contribution is 6.31. The number of aromatic nitrogens is 2. The van der Waals surface area contributed by atoms with Crippen LogP contribution in [0.15, 0.2) is 0 Å². The molecule has 74 valence electrons. The summed E-state index contributed by atoms with van der Waals surface area (Å²) in [5, 5.41) is 5.11. The van der Waals surface area contributed by atoms with Crippen LogP contribution in [0, 0.1) is 13.8 Å². The highest BCUT2D eigenvalue weighted by atomic mass is 35.5. The largest absolute Gasteiger partial charge is 0.328 e. The van der Waals surface area contributed by atoms with Gasteiger partial charge in [0, 0.05) is 6.54 Å². The van der Waals surface area contributed by atoms with Gasteiger partial charge < -0.3 is 5.73 Å². The summed E-state index contributed by atoms with van der Waals surface area (Å²) in [6.07, 6.45) is 0.981. The molecule has 0 spiro atoms. The third kappa shape index (κ3) is 1.86. The van der Waals surface area contributed by atoms with Crippen molar-refractivity contribution in [3.05, 3.63) is 16.4 Å². The van der Waals surface area contributed by atoms with Gasteiger partial charge in [-0.3, -0.25) is 4.68 Å². The minimum atomic E-state index is 0.270. The minimum absolute atomic E-state index is 0.270. The summed E-state index contributed by atoms with van der Waals surface area (Å²) in [7, 11) is 0. The molecule has 13 heavy (non-hydrogen) atoms. The van der Waals surface area contributed by atoms with Crippen molar-refractivity contribution in [2.45, 2.75) is 33.2 Å². The number of nitrogens with zero attached hydrogens (tertiary/aromatic N) is 2. The van der Waals surface area contributed by atoms with Crippen molar-refractivity contribution in [1.29, 1.82) is 0 Å². The zero-order chi connectivity index (χ0) is 10.0. The van der Waals surface area contributed by atoms with E-state index in [1.807, 2.05) is 18.5 Å². The summed E-state index contributed by atoms with van der Waals surface area (Å²) in [5.74, 6) is 0. The standard InChI is InChI=1S/C9H16ClN3/c1-4-8(5-11)13-7(3)9(10)6(2)12-13/h8H,4-5,11H2,1-3H3. The van der Waals surface area contributed by atoms with Gasteiger partial charge in [-0.15, -0.1) is 0 Å². The molecule has 1 unspecified atom stereocenters. The number of halogens is 1. The average molecular weight is 202 g/mol. The lowest BCUT2D eigenvalue weighted by Gasteiger charge is -2.14. The normalized spacial score (nSPS) is 13.3. The Morgan fingerprint density at radius 1 is 1.54 bits per heavy atom. The summed E-state index contributed by atoms with van der Waals surface area (Å²) < 4.78 is 1.93. The van der Waals surface area contributed by atoms with Crippen molar-refractivity contribution in [2.24, 2.45) is 5.73 Å². The Balaban J connectivity index is 3.06. The summed E-state index contributed by atoms with van der Waals surface area (Å²) >= 11 is 6.03. The van der Waals surface area contributed by atoms with Crippen molar-refractivity contribution in [1.82, 2.24) is 9.78 Å². The van der Waals surface area contributed by atoms with Crippen LogP contribution in [0.1, 0.15) is 30.8 Å². The zero-order valence-electron chi connectivity index (χ0n) is 8.34. The molecule has 0 fully saturated rings. The van der Waals surface area contributed by atoms with Gasteiger partial charge in [-0.1, -0.05) is 18.5 Å². The monoisotopic (exact) mass is 201 g/mol. The second-order valence-electron chi connectivity index (χ2n) is 3.23. The van der Waals surface area contributed by atoms with Gasteiger partial charge in [-0.25, -0.2) is 0 Å². The van der Waals surface area contributed by atoms with Crippen LogP contribution in [-0.2, 0) is 0 Å². The number of hydrogen-bond acceptors (Lipinski definition) is 2. The van der Waals surface area contributed by atoms with Gasteiger partial charge in [0.15, 0.2) is 0 Å². The third-order valence-electron chi connectivity index (χ3n) is 2.33. The van der Waals surface area contributed by atoms with Crippen molar-refractivity contribution < 1.29 is 0 Å². The van der Waals surface area contributed by atoms with E-state index in [0.29, 0.717) is 6.54 Å². The van der Waals surface area contributed by atoms with Crippen molar-refractivity contribution in [2.75, 3.05) is 6.54 Å². The average Bonchev–Trinajstić information content (AvgIpc) is 2.36. The van der Waals surface area contributed by atoms with E-state index < -0.39 is 0 Å². The van der Waals surface area contributed by atoms with E-state index in [9.17, 15) is 0 Å². The number of rotatable bonds is 3. The Morgan fingerprint density at radius 2 is 2.15 bits per heavy atom. The van der Waals surface area contributed by atoms with E-state index >= 15 is 0 Å². The molecular formula is C9H16ClN3. The molecule has 0 aliphatic heterocycles. The van der Waals surface area contributed by atoms with Gasteiger partial charge in [0.1, 0.15) is 0 Å². The molecule has 3 nitrogen and oxygen atoms in total. The summed E-state index contributed by atoms with van der Waals surface area (Å²) in [5.41, 5.74) is 7.53. The topological polar surface area (TPSA) is 43.8 Å². The van der Waals surface area contributed by atoms with Crippen LogP contribution < -0.4 is 5.73 Å². The molecule has 1 atom stereocenters. The molecule has 0 aromatic carbocycles. The molecule has 0 amide bonds. The fourth-order valence-electron chi connectivity index (χ4n) is 1.44. The Morgan fingerprint density at radius 3 is 2.46 bits per heavy atom. The summed E-state index contributed by atoms with van der Waals surface area (Å²) in [6, 6.07) is 0.270. The van der Waals surface area contributed by atoms with Gasteiger partial charge >= 0.3 is 0 Å². The molecule has 1 heterocycles. The molecule has 1 aromatic heterocycles. The van der Waals surface area contributed by atoms with Gasteiger partial charge in [-0.2, -0.15) is 5.10 Å². The first-order valence-electron chi connectivity index (χ1n) is 4.53. The van der Waals surface area contributed by atoms with Crippen LogP contribution in [0.3, 0.4) is 0 Å². The zero-order valence-corrected chi connectivity index (χ0v) is 9.10. The van der Waals surface area contributed by atoms with E-state index in [-0.39, 0.29) is 6.04 Å². The van der Waals surface area contributed by atoms with Crippen LogP contribution in [-0.4, -0.2) is 16.3 Å². The minimum Gasteiger partial charge on any atom is -0.328 e. The van der Waals surface area contributed by atoms with E-state index in [2.05, 4.69) is 12.0 Å². The molecule has 4 heteroatoms. The lowest BCUT2D eigenvalue weighted by atomic mass is 10.2.